The number of hydrogen-bond donors (Lipinski definition) is 6. The Hall–Kier alpha value is -2.49. The van der Waals surface area contributed by atoms with Crippen LogP contribution in [0.3, 0.4) is 0 Å². The Kier molecular flexibility index (Phi) is 8.02. The summed E-state index contributed by atoms with van der Waals surface area (Å²) in [7, 11) is -4.32. The molecule has 0 radical (unpaired) electrons. The summed E-state index contributed by atoms with van der Waals surface area (Å²) in [5, 5.41) is 35.6. The Bertz CT molecular complexity index is 1200. The third kappa shape index (κ3) is 5.43. The molecule has 196 valence electrons. The molecule has 36 heavy (non-hydrogen) atoms. The topological polar surface area (TPSA) is 160 Å². The van der Waals surface area contributed by atoms with Gasteiger partial charge in [0.05, 0.1) is 29.2 Å². The summed E-state index contributed by atoms with van der Waals surface area (Å²) in [5.41, 5.74) is 4.89. The van der Waals surface area contributed by atoms with E-state index >= 15 is 0 Å². The Morgan fingerprint density at radius 3 is 2.64 bits per heavy atom. The van der Waals surface area contributed by atoms with Crippen LogP contribution in [0.2, 0.25) is 0 Å². The van der Waals surface area contributed by atoms with Gasteiger partial charge in [-0.05, 0) is 42.3 Å². The predicted octanol–water partition coefficient (Wildman–Crippen LogP) is -0.178. The highest BCUT2D eigenvalue weighted by molar-refractivity contribution is 7.92. The van der Waals surface area contributed by atoms with Crippen molar-refractivity contribution in [3.8, 4) is 0 Å². The number of amides is 1. The highest BCUT2D eigenvalue weighted by atomic mass is 32.2. The van der Waals surface area contributed by atoms with Crippen LogP contribution in [0.1, 0.15) is 24.9 Å². The van der Waals surface area contributed by atoms with Crippen LogP contribution in [-0.2, 0) is 19.4 Å². The maximum atomic E-state index is 13.7. The summed E-state index contributed by atoms with van der Waals surface area (Å²) in [6.07, 6.45) is -4.23. The van der Waals surface area contributed by atoms with Gasteiger partial charge in [-0.1, -0.05) is 18.2 Å². The zero-order chi connectivity index (χ0) is 26.0. The van der Waals surface area contributed by atoms with E-state index in [1.54, 1.807) is 12.1 Å². The number of aliphatic hydroxyl groups excluding tert-OH is 3. The van der Waals surface area contributed by atoms with Crippen LogP contribution in [0, 0.1) is 5.82 Å². The largest absolute Gasteiger partial charge is 0.396 e. The second-order valence-corrected chi connectivity index (χ2v) is 10.8. The van der Waals surface area contributed by atoms with Crippen molar-refractivity contribution in [2.75, 3.05) is 18.5 Å². The SMILES string of the molecule is CC(=O)Nc1cccc(S(=O)(=O)[C@@H]2O[C@H](CCO)[C@H](O)[C@H](N3CC(c4cccc(F)c4)NN3)[C@H]2O)c1. The lowest BCUT2D eigenvalue weighted by molar-refractivity contribution is -0.190. The number of nitrogens with zero attached hydrogens (tertiary/aromatic N) is 1. The van der Waals surface area contributed by atoms with E-state index in [0.29, 0.717) is 5.56 Å². The number of halogens is 1. The van der Waals surface area contributed by atoms with Gasteiger partial charge < -0.3 is 25.4 Å². The molecule has 13 heteroatoms. The van der Waals surface area contributed by atoms with Crippen LogP contribution in [0.4, 0.5) is 10.1 Å². The number of anilines is 1. The first-order chi connectivity index (χ1) is 17.1. The molecule has 2 fully saturated rings. The number of aliphatic hydroxyl groups is 3. The molecular formula is C23H29FN4O7S. The number of carbonyl (C=O) groups is 1. The van der Waals surface area contributed by atoms with Gasteiger partial charge in [-0.3, -0.25) is 4.79 Å². The number of hydrogen-bond acceptors (Lipinski definition) is 10. The van der Waals surface area contributed by atoms with E-state index in [-0.39, 0.29) is 36.1 Å². The predicted molar refractivity (Wildman–Crippen MR) is 126 cm³/mol. The molecule has 4 rings (SSSR count). The normalized spacial score (nSPS) is 29.2. The quantitative estimate of drug-likeness (QED) is 0.287. The summed E-state index contributed by atoms with van der Waals surface area (Å²) in [4.78, 5) is 11.2. The molecule has 0 saturated carbocycles. The maximum absolute atomic E-state index is 13.7. The van der Waals surface area contributed by atoms with Crippen molar-refractivity contribution >= 4 is 21.4 Å². The Morgan fingerprint density at radius 1 is 1.19 bits per heavy atom. The number of benzene rings is 2. The van der Waals surface area contributed by atoms with Crippen molar-refractivity contribution < 1.29 is 37.7 Å². The van der Waals surface area contributed by atoms with E-state index in [1.165, 1.54) is 48.3 Å². The highest BCUT2D eigenvalue weighted by Gasteiger charge is 2.53. The number of ether oxygens (including phenoxy) is 1. The minimum Gasteiger partial charge on any atom is -0.396 e. The van der Waals surface area contributed by atoms with E-state index in [4.69, 9.17) is 4.74 Å². The van der Waals surface area contributed by atoms with Gasteiger partial charge in [0, 0.05) is 25.8 Å². The molecule has 2 aromatic carbocycles. The fraction of sp³-hybridized carbons (Fsp3) is 0.435. The molecule has 2 heterocycles. The van der Waals surface area contributed by atoms with Gasteiger partial charge >= 0.3 is 0 Å². The molecule has 1 unspecified atom stereocenters. The maximum Gasteiger partial charge on any atom is 0.221 e. The second-order valence-electron chi connectivity index (χ2n) is 8.80. The molecule has 2 aliphatic rings. The third-order valence-electron chi connectivity index (χ3n) is 6.24. The molecular weight excluding hydrogens is 495 g/mol. The minimum absolute atomic E-state index is 0.0725. The van der Waals surface area contributed by atoms with Crippen LogP contribution in [-0.4, -0.2) is 77.6 Å². The molecule has 0 bridgehead atoms. The van der Waals surface area contributed by atoms with Crippen LogP contribution in [0.25, 0.3) is 0 Å². The summed E-state index contributed by atoms with van der Waals surface area (Å²) in [6, 6.07) is 9.90. The number of nitrogens with one attached hydrogen (secondary N) is 3. The van der Waals surface area contributed by atoms with Crippen LogP contribution >= 0.6 is 0 Å². The number of sulfone groups is 1. The smallest absolute Gasteiger partial charge is 0.221 e. The zero-order valence-corrected chi connectivity index (χ0v) is 20.2. The monoisotopic (exact) mass is 524 g/mol. The standard InChI is InChI=1S/C23H29FN4O7S/c1-13(30)25-16-6-3-7-17(11-16)36(33,34)23-22(32)20(21(31)19(35-23)8-9-29)28-12-18(26-27-28)14-4-2-5-15(24)10-14/h2-7,10-11,18-23,26-27,29,31-32H,8-9,12H2,1H3,(H,25,30)/t18?,19-,20+,21+,22-,23+/m1/s1. The summed E-state index contributed by atoms with van der Waals surface area (Å²) in [5.74, 6) is -0.806. The van der Waals surface area contributed by atoms with Crippen LogP contribution in [0.5, 0.6) is 0 Å². The van der Waals surface area contributed by atoms with Gasteiger partial charge in [0.2, 0.25) is 15.7 Å². The first kappa shape index (κ1) is 26.6. The molecule has 1 amide bonds. The Morgan fingerprint density at radius 2 is 1.94 bits per heavy atom. The average Bonchev–Trinajstić information content (AvgIpc) is 3.30. The van der Waals surface area contributed by atoms with Gasteiger partial charge in [-0.15, -0.1) is 0 Å². The van der Waals surface area contributed by atoms with Crippen molar-refractivity contribution in [3.63, 3.8) is 0 Å². The lowest BCUT2D eigenvalue weighted by Crippen LogP contribution is -2.66. The van der Waals surface area contributed by atoms with Crippen LogP contribution < -0.4 is 16.3 Å². The first-order valence-corrected chi connectivity index (χ1v) is 12.9. The fourth-order valence-electron chi connectivity index (χ4n) is 4.55. The average molecular weight is 525 g/mol. The molecule has 2 aromatic rings. The van der Waals surface area contributed by atoms with Crippen molar-refractivity contribution in [1.29, 1.82) is 0 Å². The number of hydrazine groups is 2. The van der Waals surface area contributed by atoms with Gasteiger partial charge in [-0.2, -0.15) is 5.53 Å². The lowest BCUT2D eigenvalue weighted by atomic mass is 9.94. The van der Waals surface area contributed by atoms with Crippen molar-refractivity contribution in [1.82, 2.24) is 16.0 Å². The molecule has 2 aliphatic heterocycles. The zero-order valence-electron chi connectivity index (χ0n) is 19.4. The van der Waals surface area contributed by atoms with Crippen molar-refractivity contribution in [3.05, 3.63) is 59.9 Å². The molecule has 0 aliphatic carbocycles. The Balaban J connectivity index is 1.62. The van der Waals surface area contributed by atoms with Crippen molar-refractivity contribution in [2.45, 2.75) is 54.1 Å². The lowest BCUT2D eigenvalue weighted by Gasteiger charge is -2.45. The van der Waals surface area contributed by atoms with E-state index in [2.05, 4.69) is 16.3 Å². The molecule has 2 saturated heterocycles. The van der Waals surface area contributed by atoms with Gasteiger partial charge in [0.25, 0.3) is 0 Å². The van der Waals surface area contributed by atoms with Gasteiger partial charge in [0.1, 0.15) is 11.9 Å². The van der Waals surface area contributed by atoms with E-state index in [1.807, 2.05) is 0 Å². The molecule has 6 N–H and O–H groups in total. The second kappa shape index (κ2) is 10.9. The molecule has 0 aromatic heterocycles. The number of carbonyl (C=O) groups excluding carboxylic acids is 1. The first-order valence-electron chi connectivity index (χ1n) is 11.4. The number of rotatable bonds is 7. The van der Waals surface area contributed by atoms with Gasteiger partial charge in [0.15, 0.2) is 5.44 Å². The Labute approximate surface area is 207 Å². The minimum atomic E-state index is -4.32. The molecule has 6 atom stereocenters. The van der Waals surface area contributed by atoms with Gasteiger partial charge in [-0.25, -0.2) is 23.2 Å². The summed E-state index contributed by atoms with van der Waals surface area (Å²) < 4.78 is 46.4. The molecule has 11 nitrogen and oxygen atoms in total. The fourth-order valence-corrected chi connectivity index (χ4v) is 6.20. The van der Waals surface area contributed by atoms with E-state index < -0.39 is 51.5 Å². The highest BCUT2D eigenvalue weighted by Crippen LogP contribution is 2.34. The third-order valence-corrected chi connectivity index (χ3v) is 8.16. The summed E-state index contributed by atoms with van der Waals surface area (Å²) >= 11 is 0. The van der Waals surface area contributed by atoms with E-state index in [0.717, 1.165) is 0 Å². The summed E-state index contributed by atoms with van der Waals surface area (Å²) in [6.45, 7) is 1.07. The molecule has 0 spiro atoms. The van der Waals surface area contributed by atoms with Crippen LogP contribution in [0.15, 0.2) is 53.4 Å². The van der Waals surface area contributed by atoms with Crippen molar-refractivity contribution in [2.24, 2.45) is 0 Å². The van der Waals surface area contributed by atoms with E-state index in [9.17, 15) is 32.9 Å².